The molecule has 0 nitrogen and oxygen atoms in total. The Hall–Kier alpha value is -0.630. The van der Waals surface area contributed by atoms with Crippen molar-refractivity contribution >= 4 is 0 Å². The molecule has 0 aliphatic rings. The monoisotopic (exact) mass is 612 g/mol. The molecule has 41 heavy (non-hydrogen) atoms. The molecule has 3 unspecified atom stereocenters. The van der Waals surface area contributed by atoms with E-state index in [-0.39, 0.29) is 77.0 Å². The summed E-state index contributed by atoms with van der Waals surface area (Å²) >= 11 is 0. The summed E-state index contributed by atoms with van der Waals surface area (Å²) in [7, 11) is 0. The SMILES string of the molecule is CCCC(C)(CCCCC(CCCCC(CCC)(C(F)(F)F)C(C)(CC)CC)(C(CC)CC)C(F)(F)F)C(F)(F)F. The minimum absolute atomic E-state index is 0.00252. The van der Waals surface area contributed by atoms with Crippen LogP contribution in [0.3, 0.4) is 0 Å². The first-order chi connectivity index (χ1) is 18.7. The van der Waals surface area contributed by atoms with Crippen LogP contribution < -0.4 is 0 Å². The van der Waals surface area contributed by atoms with E-state index in [1.807, 2.05) is 0 Å². The third-order valence-corrected chi connectivity index (χ3v) is 10.8. The first kappa shape index (κ1) is 40.4. The van der Waals surface area contributed by atoms with Gasteiger partial charge >= 0.3 is 18.5 Å². The lowest BCUT2D eigenvalue weighted by Crippen LogP contribution is -2.50. The fraction of sp³-hybridized carbons (Fsp3) is 1.00. The maximum atomic E-state index is 14.9. The quantitative estimate of drug-likeness (QED) is 0.0948. The molecule has 0 spiro atoms. The maximum Gasteiger partial charge on any atom is 0.395 e. The number of hydrogen-bond donors (Lipinski definition) is 0. The van der Waals surface area contributed by atoms with Crippen LogP contribution in [0.2, 0.25) is 0 Å². The molecule has 0 saturated heterocycles. The molecule has 0 bridgehead atoms. The fourth-order valence-electron chi connectivity index (χ4n) is 7.61. The second-order valence-electron chi connectivity index (χ2n) is 13.0. The van der Waals surface area contributed by atoms with E-state index >= 15 is 0 Å². The molecule has 0 rings (SSSR count). The van der Waals surface area contributed by atoms with E-state index in [9.17, 15) is 39.5 Å². The molecule has 3 atom stereocenters. The lowest BCUT2D eigenvalue weighted by molar-refractivity contribution is -0.273. The highest BCUT2D eigenvalue weighted by molar-refractivity contribution is 4.99. The Kier molecular flexibility index (Phi) is 15.7. The van der Waals surface area contributed by atoms with Crippen molar-refractivity contribution in [3.05, 3.63) is 0 Å². The summed E-state index contributed by atoms with van der Waals surface area (Å²) in [6, 6.07) is 0. The zero-order chi connectivity index (χ0) is 32.4. The predicted molar refractivity (Wildman–Crippen MR) is 151 cm³/mol. The molecule has 0 saturated carbocycles. The van der Waals surface area contributed by atoms with Crippen LogP contribution in [-0.2, 0) is 0 Å². The number of rotatable bonds is 20. The highest BCUT2D eigenvalue weighted by Gasteiger charge is 2.62. The van der Waals surface area contributed by atoms with Crippen LogP contribution in [0.5, 0.6) is 0 Å². The lowest BCUT2D eigenvalue weighted by Gasteiger charge is -2.50. The van der Waals surface area contributed by atoms with E-state index in [4.69, 9.17) is 0 Å². The fourth-order valence-corrected chi connectivity index (χ4v) is 7.61. The third kappa shape index (κ3) is 9.18. The van der Waals surface area contributed by atoms with Crippen LogP contribution in [0.4, 0.5) is 39.5 Å². The second-order valence-corrected chi connectivity index (χ2v) is 13.0. The number of alkyl halides is 9. The molecule has 0 aliphatic carbocycles. The molecule has 9 heteroatoms. The topological polar surface area (TPSA) is 0 Å². The normalized spacial score (nSPS) is 18.3. The van der Waals surface area contributed by atoms with Crippen molar-refractivity contribution in [3.63, 3.8) is 0 Å². The Balaban J connectivity index is 6.08. The van der Waals surface area contributed by atoms with Crippen molar-refractivity contribution in [2.75, 3.05) is 0 Å². The van der Waals surface area contributed by atoms with Gasteiger partial charge in [-0.3, -0.25) is 0 Å². The Morgan fingerprint density at radius 1 is 0.439 bits per heavy atom. The molecular weight excluding hydrogens is 555 g/mol. The van der Waals surface area contributed by atoms with Gasteiger partial charge in [0.15, 0.2) is 0 Å². The lowest BCUT2D eigenvalue weighted by atomic mass is 9.56. The van der Waals surface area contributed by atoms with Crippen molar-refractivity contribution < 1.29 is 39.5 Å². The second kappa shape index (κ2) is 15.9. The zero-order valence-electron chi connectivity index (χ0n) is 26.8. The number of hydrogen-bond acceptors (Lipinski definition) is 0. The van der Waals surface area contributed by atoms with Gasteiger partial charge in [0.05, 0.1) is 16.2 Å². The molecule has 248 valence electrons. The Morgan fingerprint density at radius 3 is 1.17 bits per heavy atom. The van der Waals surface area contributed by atoms with Crippen LogP contribution in [0, 0.1) is 27.6 Å². The minimum Gasteiger partial charge on any atom is -0.171 e. The molecule has 0 aliphatic heterocycles. The van der Waals surface area contributed by atoms with Gasteiger partial charge in [-0.2, -0.15) is 39.5 Å². The van der Waals surface area contributed by atoms with Gasteiger partial charge in [-0.1, -0.05) is 107 Å². The summed E-state index contributed by atoms with van der Waals surface area (Å²) in [6.45, 7) is 13.0. The van der Waals surface area contributed by atoms with Gasteiger partial charge in [0.2, 0.25) is 0 Å². The van der Waals surface area contributed by atoms with Gasteiger partial charge in [0.25, 0.3) is 0 Å². The average molecular weight is 613 g/mol. The van der Waals surface area contributed by atoms with Crippen molar-refractivity contribution in [2.24, 2.45) is 27.6 Å². The Labute approximate surface area is 244 Å². The third-order valence-electron chi connectivity index (χ3n) is 10.8. The van der Waals surface area contributed by atoms with E-state index in [2.05, 4.69) is 0 Å². The van der Waals surface area contributed by atoms with Crippen LogP contribution in [-0.4, -0.2) is 18.5 Å². The maximum absolute atomic E-state index is 14.9. The molecular formula is C32H57F9. The van der Waals surface area contributed by atoms with Crippen LogP contribution in [0.25, 0.3) is 0 Å². The summed E-state index contributed by atoms with van der Waals surface area (Å²) in [5.41, 5.74) is -7.07. The van der Waals surface area contributed by atoms with Crippen molar-refractivity contribution in [1.82, 2.24) is 0 Å². The van der Waals surface area contributed by atoms with Crippen molar-refractivity contribution in [3.8, 4) is 0 Å². The van der Waals surface area contributed by atoms with Crippen LogP contribution in [0.15, 0.2) is 0 Å². The summed E-state index contributed by atoms with van der Waals surface area (Å²) in [6.07, 6.45) is -12.9. The van der Waals surface area contributed by atoms with Crippen molar-refractivity contribution in [2.45, 2.75) is 177 Å². The molecule has 0 heterocycles. The van der Waals surface area contributed by atoms with E-state index in [1.54, 1.807) is 48.5 Å². The van der Waals surface area contributed by atoms with Crippen LogP contribution >= 0.6 is 0 Å². The molecule has 0 N–H and O–H groups in total. The largest absolute Gasteiger partial charge is 0.395 e. The summed E-state index contributed by atoms with van der Waals surface area (Å²) < 4.78 is 130. The highest BCUT2D eigenvalue weighted by Crippen LogP contribution is 2.61. The molecule has 0 aromatic rings. The van der Waals surface area contributed by atoms with E-state index in [1.165, 1.54) is 0 Å². The van der Waals surface area contributed by atoms with E-state index in [0.29, 0.717) is 25.7 Å². The molecule has 0 aromatic heterocycles. The van der Waals surface area contributed by atoms with Gasteiger partial charge in [-0.15, -0.1) is 0 Å². The molecule has 0 amide bonds. The van der Waals surface area contributed by atoms with Gasteiger partial charge in [-0.25, -0.2) is 0 Å². The van der Waals surface area contributed by atoms with Crippen LogP contribution in [0.1, 0.15) is 158 Å². The van der Waals surface area contributed by atoms with Gasteiger partial charge in [-0.05, 0) is 62.7 Å². The molecule has 0 radical (unpaired) electrons. The summed E-state index contributed by atoms with van der Waals surface area (Å²) in [5, 5.41) is 0. The smallest absolute Gasteiger partial charge is 0.171 e. The van der Waals surface area contributed by atoms with Crippen molar-refractivity contribution in [1.29, 1.82) is 0 Å². The zero-order valence-corrected chi connectivity index (χ0v) is 26.8. The van der Waals surface area contributed by atoms with Gasteiger partial charge in [0, 0.05) is 0 Å². The molecule has 0 fully saturated rings. The predicted octanol–water partition coefficient (Wildman–Crippen LogP) is 13.6. The molecule has 0 aromatic carbocycles. The Morgan fingerprint density at radius 2 is 0.854 bits per heavy atom. The van der Waals surface area contributed by atoms with E-state index in [0.717, 1.165) is 6.92 Å². The standard InChI is InChI=1S/C32H57F9/c1-9-19-27(8,30(33,34)35)21-15-16-22-28(31(36,37)38,25(11-3)12-4)23-17-18-24-29(20-10-2,32(39,40)41)26(7,13-5)14-6/h25H,9-24H2,1-8H3. The number of unbranched alkanes of at least 4 members (excludes halogenated alkanes) is 2. The summed E-state index contributed by atoms with van der Waals surface area (Å²) in [4.78, 5) is 0. The highest BCUT2D eigenvalue weighted by atomic mass is 19.4. The number of halogens is 9. The average Bonchev–Trinajstić information content (AvgIpc) is 2.86. The van der Waals surface area contributed by atoms with Gasteiger partial charge < -0.3 is 0 Å². The summed E-state index contributed by atoms with van der Waals surface area (Å²) in [5.74, 6) is -0.744. The first-order valence-electron chi connectivity index (χ1n) is 15.9. The van der Waals surface area contributed by atoms with Gasteiger partial charge in [0.1, 0.15) is 0 Å². The Bertz CT molecular complexity index is 716. The van der Waals surface area contributed by atoms with E-state index < -0.39 is 46.1 Å². The minimum atomic E-state index is -4.60. The first-order valence-corrected chi connectivity index (χ1v) is 15.9.